The number of fused-ring (bicyclic) bond motifs is 1. The maximum absolute atomic E-state index is 13.6. The van der Waals surface area contributed by atoms with Gasteiger partial charge in [-0.3, -0.25) is 9.59 Å². The van der Waals surface area contributed by atoms with Crippen molar-refractivity contribution < 1.29 is 14.7 Å². The van der Waals surface area contributed by atoms with Gasteiger partial charge < -0.3 is 15.3 Å². The zero-order chi connectivity index (χ0) is 20.5. The molecule has 0 aromatic carbocycles. The number of pyridine rings is 1. The van der Waals surface area contributed by atoms with Crippen molar-refractivity contribution in [1.29, 1.82) is 0 Å². The Bertz CT molecular complexity index is 922. The average molecular weight is 414 g/mol. The summed E-state index contributed by atoms with van der Waals surface area (Å²) in [6, 6.07) is 3.12. The van der Waals surface area contributed by atoms with Crippen LogP contribution in [-0.4, -0.2) is 39.4 Å². The molecule has 29 heavy (non-hydrogen) atoms. The zero-order valence-corrected chi connectivity index (χ0v) is 17.7. The summed E-state index contributed by atoms with van der Waals surface area (Å²) < 4.78 is 0. The Morgan fingerprint density at radius 3 is 2.76 bits per heavy atom. The molecule has 0 unspecified atom stereocenters. The van der Waals surface area contributed by atoms with Crippen molar-refractivity contribution in [2.45, 2.75) is 58.4 Å². The van der Waals surface area contributed by atoms with Crippen molar-refractivity contribution >= 4 is 28.2 Å². The molecule has 2 amide bonds. The summed E-state index contributed by atoms with van der Waals surface area (Å²) in [5.41, 5.74) is 2.16. The minimum atomic E-state index is -0.314. The number of carbonyl (C=O) groups is 2. The highest BCUT2D eigenvalue weighted by atomic mass is 32.1. The summed E-state index contributed by atoms with van der Waals surface area (Å²) in [7, 11) is 0. The van der Waals surface area contributed by atoms with Crippen LogP contribution in [0.25, 0.3) is 0 Å². The van der Waals surface area contributed by atoms with Gasteiger partial charge in [-0.1, -0.05) is 6.92 Å². The van der Waals surface area contributed by atoms with E-state index < -0.39 is 0 Å². The Morgan fingerprint density at radius 2 is 2.03 bits per heavy atom. The molecule has 1 aliphatic heterocycles. The van der Waals surface area contributed by atoms with Crippen LogP contribution in [0.4, 0.5) is 5.00 Å². The van der Waals surface area contributed by atoms with E-state index in [0.717, 1.165) is 50.6 Å². The van der Waals surface area contributed by atoms with E-state index in [0.29, 0.717) is 22.0 Å². The van der Waals surface area contributed by atoms with Gasteiger partial charge in [-0.25, -0.2) is 4.98 Å². The first kappa shape index (κ1) is 19.9. The fourth-order valence-electron chi connectivity index (χ4n) is 4.43. The molecule has 1 aliphatic carbocycles. The number of rotatable bonds is 3. The lowest BCUT2D eigenvalue weighted by atomic mass is 9.91. The largest absolute Gasteiger partial charge is 0.493 e. The van der Waals surface area contributed by atoms with E-state index in [1.807, 2.05) is 4.90 Å². The third-order valence-corrected chi connectivity index (χ3v) is 7.23. The Labute approximate surface area is 175 Å². The third-order valence-electron chi connectivity index (χ3n) is 6.02. The van der Waals surface area contributed by atoms with Crippen LogP contribution in [0.3, 0.4) is 0 Å². The summed E-state index contributed by atoms with van der Waals surface area (Å²) in [4.78, 5) is 33.3. The number of carbonyl (C=O) groups excluding carboxylic acids is 2. The molecule has 2 N–H and O–H groups in total. The first-order valence-electron chi connectivity index (χ1n) is 10.4. The maximum Gasteiger partial charge on any atom is 0.257 e. The van der Waals surface area contributed by atoms with E-state index in [9.17, 15) is 14.7 Å². The third kappa shape index (κ3) is 4.01. The molecule has 4 rings (SSSR count). The highest BCUT2D eigenvalue weighted by Crippen LogP contribution is 2.40. The highest BCUT2D eigenvalue weighted by molar-refractivity contribution is 7.17. The number of likely N-dealkylation sites (tertiary alicyclic amines) is 1. The zero-order valence-electron chi connectivity index (χ0n) is 16.9. The Hall–Kier alpha value is -2.41. The van der Waals surface area contributed by atoms with Crippen LogP contribution in [0.1, 0.15) is 70.7 Å². The number of piperidine rings is 1. The number of hydrogen-bond donors (Lipinski definition) is 2. The van der Waals surface area contributed by atoms with Crippen molar-refractivity contribution in [2.24, 2.45) is 5.92 Å². The summed E-state index contributed by atoms with van der Waals surface area (Å²) >= 11 is 1.53. The lowest BCUT2D eigenvalue weighted by Crippen LogP contribution is -2.44. The van der Waals surface area contributed by atoms with Crippen molar-refractivity contribution in [3.8, 4) is 5.88 Å². The number of amides is 2. The summed E-state index contributed by atoms with van der Waals surface area (Å²) in [5, 5.41) is 13.0. The fraction of sp³-hybridized carbons (Fsp3) is 0.500. The SMILES string of the molecule is C[C@H]1CCN(C(=O)c2c(NC(=O)c3ccc(O)nc3)sc3c2CCCC3)[C@@H](C)C1. The normalized spacial score (nSPS) is 21.5. The Morgan fingerprint density at radius 1 is 1.24 bits per heavy atom. The smallest absolute Gasteiger partial charge is 0.257 e. The number of nitrogens with zero attached hydrogens (tertiary/aromatic N) is 2. The molecule has 0 spiro atoms. The van der Waals surface area contributed by atoms with Crippen molar-refractivity contribution in [2.75, 3.05) is 11.9 Å². The molecule has 1 fully saturated rings. The maximum atomic E-state index is 13.6. The van der Waals surface area contributed by atoms with Crippen LogP contribution >= 0.6 is 11.3 Å². The predicted octanol–water partition coefficient (Wildman–Crippen LogP) is 4.24. The Kier molecular flexibility index (Phi) is 5.58. The van der Waals surface area contributed by atoms with Gasteiger partial charge in [-0.15, -0.1) is 11.3 Å². The molecule has 154 valence electrons. The Balaban J connectivity index is 1.65. The highest BCUT2D eigenvalue weighted by Gasteiger charge is 2.33. The quantitative estimate of drug-likeness (QED) is 0.788. The van der Waals surface area contributed by atoms with Crippen LogP contribution in [0.2, 0.25) is 0 Å². The van der Waals surface area contributed by atoms with Gasteiger partial charge in [0.2, 0.25) is 5.88 Å². The molecular weight excluding hydrogens is 386 g/mol. The van der Waals surface area contributed by atoms with E-state index >= 15 is 0 Å². The summed E-state index contributed by atoms with van der Waals surface area (Å²) in [5.74, 6) is 0.234. The molecule has 3 heterocycles. The van der Waals surface area contributed by atoms with Crippen LogP contribution < -0.4 is 5.32 Å². The van der Waals surface area contributed by atoms with E-state index in [1.165, 1.54) is 34.5 Å². The van der Waals surface area contributed by atoms with Crippen molar-refractivity contribution in [3.63, 3.8) is 0 Å². The van der Waals surface area contributed by atoms with Gasteiger partial charge in [0.05, 0.1) is 11.1 Å². The van der Waals surface area contributed by atoms with Gasteiger partial charge in [-0.2, -0.15) is 0 Å². The molecule has 2 aromatic heterocycles. The van der Waals surface area contributed by atoms with Crippen LogP contribution in [0.5, 0.6) is 5.88 Å². The van der Waals surface area contributed by atoms with Crippen LogP contribution in [-0.2, 0) is 12.8 Å². The first-order chi connectivity index (χ1) is 13.9. The number of hydrogen-bond acceptors (Lipinski definition) is 5. The molecule has 7 heteroatoms. The number of nitrogens with one attached hydrogen (secondary N) is 1. The van der Waals surface area contributed by atoms with Crippen LogP contribution in [0.15, 0.2) is 18.3 Å². The number of aromatic nitrogens is 1. The van der Waals surface area contributed by atoms with Crippen molar-refractivity contribution in [3.05, 3.63) is 39.9 Å². The van der Waals surface area contributed by atoms with Crippen molar-refractivity contribution in [1.82, 2.24) is 9.88 Å². The van der Waals surface area contributed by atoms with E-state index in [4.69, 9.17) is 0 Å². The number of thiophene rings is 1. The molecule has 0 radical (unpaired) electrons. The minimum Gasteiger partial charge on any atom is -0.493 e. The monoisotopic (exact) mass is 413 g/mol. The molecule has 1 saturated heterocycles. The predicted molar refractivity (Wildman–Crippen MR) is 114 cm³/mol. The average Bonchev–Trinajstić information content (AvgIpc) is 3.05. The molecule has 0 saturated carbocycles. The fourth-order valence-corrected chi connectivity index (χ4v) is 5.70. The number of anilines is 1. The second-order valence-electron chi connectivity index (χ2n) is 8.25. The van der Waals surface area contributed by atoms with Gasteiger partial charge in [0, 0.05) is 29.7 Å². The molecule has 0 bridgehead atoms. The molecular formula is C22H27N3O3S. The van der Waals surface area contributed by atoms with E-state index in [-0.39, 0.29) is 23.7 Å². The van der Waals surface area contributed by atoms with Gasteiger partial charge in [-0.05, 0) is 63.0 Å². The molecule has 2 aromatic rings. The van der Waals surface area contributed by atoms with E-state index in [1.54, 1.807) is 0 Å². The van der Waals surface area contributed by atoms with Gasteiger partial charge in [0.15, 0.2) is 0 Å². The molecule has 2 atom stereocenters. The number of aromatic hydroxyl groups is 1. The minimum absolute atomic E-state index is 0.0444. The van der Waals surface area contributed by atoms with Gasteiger partial charge in [0.25, 0.3) is 11.8 Å². The topological polar surface area (TPSA) is 82.5 Å². The second-order valence-corrected chi connectivity index (χ2v) is 9.36. The summed E-state index contributed by atoms with van der Waals surface area (Å²) in [6.45, 7) is 5.12. The lowest BCUT2D eigenvalue weighted by Gasteiger charge is -2.37. The summed E-state index contributed by atoms with van der Waals surface area (Å²) in [6.07, 6.45) is 7.42. The lowest BCUT2D eigenvalue weighted by molar-refractivity contribution is 0.0589. The second kappa shape index (κ2) is 8.14. The molecule has 2 aliphatic rings. The standard InChI is InChI=1S/C22H27N3O3S/c1-13-9-10-25(14(2)11-13)22(28)19-16-5-3-4-6-17(16)29-21(19)24-20(27)15-7-8-18(26)23-12-15/h7-8,12-14H,3-6,9-11H2,1-2H3,(H,23,26)(H,24,27)/t13-,14-/m0/s1. The van der Waals surface area contributed by atoms with Gasteiger partial charge >= 0.3 is 0 Å². The molecule has 6 nitrogen and oxygen atoms in total. The number of aryl methyl sites for hydroxylation is 1. The van der Waals surface area contributed by atoms with E-state index in [2.05, 4.69) is 24.1 Å². The van der Waals surface area contributed by atoms with Gasteiger partial charge in [0.1, 0.15) is 5.00 Å². The first-order valence-corrected chi connectivity index (χ1v) is 11.2. The van der Waals surface area contributed by atoms with Crippen LogP contribution in [0, 0.1) is 5.92 Å².